The Kier molecular flexibility index (Phi) is 4.70. The molecule has 6 nitrogen and oxygen atoms in total. The number of benzene rings is 1. The van der Waals surface area contributed by atoms with Gasteiger partial charge in [-0.05, 0) is 56.3 Å². The molecular formula is C16H21N5O. The van der Waals surface area contributed by atoms with Crippen LogP contribution in [0.15, 0.2) is 36.5 Å². The van der Waals surface area contributed by atoms with Crippen molar-refractivity contribution in [2.75, 3.05) is 37.3 Å². The van der Waals surface area contributed by atoms with Crippen LogP contribution in [0.5, 0.6) is 5.75 Å². The van der Waals surface area contributed by atoms with E-state index in [1.165, 1.54) is 25.9 Å². The average Bonchev–Trinajstić information content (AvgIpc) is 3.02. The Morgan fingerprint density at radius 1 is 1.14 bits per heavy atom. The van der Waals surface area contributed by atoms with E-state index in [4.69, 9.17) is 10.5 Å². The van der Waals surface area contributed by atoms with E-state index in [9.17, 15) is 0 Å². The van der Waals surface area contributed by atoms with Gasteiger partial charge in [-0.1, -0.05) is 0 Å². The molecule has 0 spiro atoms. The van der Waals surface area contributed by atoms with Crippen LogP contribution in [-0.2, 0) is 0 Å². The predicted octanol–water partition coefficient (Wildman–Crippen LogP) is 2.28. The van der Waals surface area contributed by atoms with Crippen LogP contribution in [0.4, 0.5) is 17.5 Å². The SMILES string of the molecule is Nc1ccnc(Nc2ccc(OCCN3CCCC3)cc2)n1. The maximum Gasteiger partial charge on any atom is 0.229 e. The highest BCUT2D eigenvalue weighted by molar-refractivity contribution is 5.55. The number of hydrogen-bond acceptors (Lipinski definition) is 6. The first-order valence-electron chi connectivity index (χ1n) is 7.60. The highest BCUT2D eigenvalue weighted by atomic mass is 16.5. The van der Waals surface area contributed by atoms with Crippen molar-refractivity contribution in [2.24, 2.45) is 0 Å². The minimum absolute atomic E-state index is 0.444. The van der Waals surface area contributed by atoms with Gasteiger partial charge in [-0.2, -0.15) is 4.98 Å². The average molecular weight is 299 g/mol. The van der Waals surface area contributed by atoms with Crippen LogP contribution >= 0.6 is 0 Å². The molecule has 0 amide bonds. The monoisotopic (exact) mass is 299 g/mol. The molecule has 0 radical (unpaired) electrons. The van der Waals surface area contributed by atoms with E-state index in [-0.39, 0.29) is 0 Å². The topological polar surface area (TPSA) is 76.3 Å². The number of nitrogen functional groups attached to an aromatic ring is 1. The predicted molar refractivity (Wildman–Crippen MR) is 87.3 cm³/mol. The molecule has 2 aromatic rings. The fourth-order valence-corrected chi connectivity index (χ4v) is 2.50. The number of hydrogen-bond donors (Lipinski definition) is 2. The van der Waals surface area contributed by atoms with Gasteiger partial charge in [0.05, 0.1) is 0 Å². The lowest BCUT2D eigenvalue weighted by Crippen LogP contribution is -2.25. The van der Waals surface area contributed by atoms with Crippen LogP contribution in [-0.4, -0.2) is 41.1 Å². The van der Waals surface area contributed by atoms with Crippen LogP contribution in [0.2, 0.25) is 0 Å². The number of aromatic nitrogens is 2. The molecule has 22 heavy (non-hydrogen) atoms. The summed E-state index contributed by atoms with van der Waals surface area (Å²) in [6.45, 7) is 4.13. The van der Waals surface area contributed by atoms with E-state index in [2.05, 4.69) is 20.2 Å². The third-order valence-electron chi connectivity index (χ3n) is 3.66. The van der Waals surface area contributed by atoms with Crippen molar-refractivity contribution in [3.8, 4) is 5.75 Å². The zero-order valence-corrected chi connectivity index (χ0v) is 12.5. The molecule has 0 atom stereocenters. The Labute approximate surface area is 130 Å². The second kappa shape index (κ2) is 7.09. The molecule has 0 bridgehead atoms. The Balaban J connectivity index is 1.49. The van der Waals surface area contributed by atoms with Crippen molar-refractivity contribution in [1.29, 1.82) is 0 Å². The van der Waals surface area contributed by atoms with Gasteiger partial charge in [-0.25, -0.2) is 4.98 Å². The van der Waals surface area contributed by atoms with Gasteiger partial charge in [-0.3, -0.25) is 4.90 Å². The van der Waals surface area contributed by atoms with Crippen molar-refractivity contribution in [3.05, 3.63) is 36.5 Å². The van der Waals surface area contributed by atoms with Crippen LogP contribution in [0.1, 0.15) is 12.8 Å². The molecule has 6 heteroatoms. The van der Waals surface area contributed by atoms with Crippen LogP contribution in [0, 0.1) is 0 Å². The van der Waals surface area contributed by atoms with Gasteiger partial charge in [0.2, 0.25) is 5.95 Å². The van der Waals surface area contributed by atoms with Crippen LogP contribution in [0.3, 0.4) is 0 Å². The number of nitrogens with zero attached hydrogens (tertiary/aromatic N) is 3. The zero-order valence-electron chi connectivity index (χ0n) is 12.5. The molecule has 0 unspecified atom stereocenters. The lowest BCUT2D eigenvalue weighted by Gasteiger charge is -2.15. The number of ether oxygens (including phenoxy) is 1. The van der Waals surface area contributed by atoms with E-state index >= 15 is 0 Å². The summed E-state index contributed by atoms with van der Waals surface area (Å²) in [5, 5.41) is 3.11. The van der Waals surface area contributed by atoms with Gasteiger partial charge in [0.25, 0.3) is 0 Å². The summed E-state index contributed by atoms with van der Waals surface area (Å²) >= 11 is 0. The molecule has 1 aliphatic rings. The lowest BCUT2D eigenvalue weighted by molar-refractivity contribution is 0.238. The van der Waals surface area contributed by atoms with Crippen molar-refractivity contribution in [3.63, 3.8) is 0 Å². The molecule has 1 aromatic heterocycles. The number of nitrogens with two attached hydrogens (primary N) is 1. The summed E-state index contributed by atoms with van der Waals surface area (Å²) in [4.78, 5) is 10.7. The molecule has 3 rings (SSSR count). The van der Waals surface area contributed by atoms with Gasteiger partial charge >= 0.3 is 0 Å². The summed E-state index contributed by atoms with van der Waals surface area (Å²) in [5.41, 5.74) is 6.53. The van der Waals surface area contributed by atoms with E-state index in [1.807, 2.05) is 24.3 Å². The van der Waals surface area contributed by atoms with Gasteiger partial charge in [0.1, 0.15) is 18.2 Å². The molecule has 1 aromatic carbocycles. The standard InChI is InChI=1S/C16H21N5O/c17-15-7-8-18-16(20-15)19-13-3-5-14(6-4-13)22-12-11-21-9-1-2-10-21/h3-8H,1-2,9-12H2,(H3,17,18,19,20). The summed E-state index contributed by atoms with van der Waals surface area (Å²) in [6, 6.07) is 9.43. The minimum atomic E-state index is 0.444. The van der Waals surface area contributed by atoms with E-state index in [1.54, 1.807) is 12.3 Å². The summed E-state index contributed by atoms with van der Waals surface area (Å²) in [7, 11) is 0. The first-order valence-corrected chi connectivity index (χ1v) is 7.60. The Morgan fingerprint density at radius 3 is 2.64 bits per heavy atom. The highest BCUT2D eigenvalue weighted by Gasteiger charge is 2.10. The Morgan fingerprint density at radius 2 is 1.91 bits per heavy atom. The largest absolute Gasteiger partial charge is 0.492 e. The first kappa shape index (κ1) is 14.6. The van der Waals surface area contributed by atoms with Crippen molar-refractivity contribution < 1.29 is 4.74 Å². The van der Waals surface area contributed by atoms with E-state index < -0.39 is 0 Å². The molecule has 0 saturated carbocycles. The number of rotatable bonds is 6. The molecule has 3 N–H and O–H groups in total. The third kappa shape index (κ3) is 4.08. The van der Waals surface area contributed by atoms with Gasteiger partial charge in [0, 0.05) is 18.4 Å². The van der Waals surface area contributed by atoms with Gasteiger partial charge in [-0.15, -0.1) is 0 Å². The summed E-state index contributed by atoms with van der Waals surface area (Å²) in [6.07, 6.45) is 4.25. The minimum Gasteiger partial charge on any atom is -0.492 e. The quantitative estimate of drug-likeness (QED) is 0.852. The van der Waals surface area contributed by atoms with Crippen molar-refractivity contribution in [2.45, 2.75) is 12.8 Å². The molecule has 1 fully saturated rings. The van der Waals surface area contributed by atoms with Crippen molar-refractivity contribution in [1.82, 2.24) is 14.9 Å². The smallest absolute Gasteiger partial charge is 0.229 e. The molecule has 0 aliphatic carbocycles. The number of likely N-dealkylation sites (tertiary alicyclic amines) is 1. The lowest BCUT2D eigenvalue weighted by atomic mass is 10.3. The first-order chi connectivity index (χ1) is 10.8. The van der Waals surface area contributed by atoms with E-state index in [0.29, 0.717) is 11.8 Å². The number of nitrogens with one attached hydrogen (secondary N) is 1. The molecule has 1 aliphatic heterocycles. The molecule has 1 saturated heterocycles. The second-order valence-corrected chi connectivity index (χ2v) is 5.35. The zero-order chi connectivity index (χ0) is 15.2. The maximum absolute atomic E-state index is 5.77. The second-order valence-electron chi connectivity index (χ2n) is 5.35. The molecule has 2 heterocycles. The van der Waals surface area contributed by atoms with Crippen LogP contribution in [0.25, 0.3) is 0 Å². The third-order valence-corrected chi connectivity index (χ3v) is 3.66. The number of anilines is 3. The normalized spacial score (nSPS) is 14.9. The van der Waals surface area contributed by atoms with E-state index in [0.717, 1.165) is 24.6 Å². The Hall–Kier alpha value is -2.34. The van der Waals surface area contributed by atoms with Gasteiger partial charge < -0.3 is 15.8 Å². The van der Waals surface area contributed by atoms with Crippen LogP contribution < -0.4 is 15.8 Å². The fourth-order valence-electron chi connectivity index (χ4n) is 2.50. The summed E-state index contributed by atoms with van der Waals surface area (Å²) < 4.78 is 5.77. The maximum atomic E-state index is 5.77. The van der Waals surface area contributed by atoms with Gasteiger partial charge in [0.15, 0.2) is 0 Å². The van der Waals surface area contributed by atoms with Crippen molar-refractivity contribution >= 4 is 17.5 Å². The fraction of sp³-hybridized carbons (Fsp3) is 0.375. The molecular weight excluding hydrogens is 278 g/mol. The summed E-state index contributed by atoms with van der Waals surface area (Å²) in [5.74, 6) is 1.81. The highest BCUT2D eigenvalue weighted by Crippen LogP contribution is 2.18. The Bertz CT molecular complexity index is 596. The molecule has 116 valence electrons.